The standard InChI is InChI=1S/C28H34ClN5O/c1-20-10-12-32(13-11-20)27-9-8-25(19-30-27)34-21(2)18-26(22(34)3)28(35)33-16-14-31(15-17-33)24-6-4-23(29)5-7-24/h4-9,18-20H,10-17H2,1-3H3. The number of benzene rings is 1. The van der Waals surface area contributed by atoms with Crippen LogP contribution < -0.4 is 9.80 Å². The number of hydrogen-bond donors (Lipinski definition) is 0. The van der Waals surface area contributed by atoms with Crippen LogP contribution in [0.15, 0.2) is 48.7 Å². The first kappa shape index (κ1) is 23.7. The number of rotatable bonds is 4. The first-order valence-corrected chi connectivity index (χ1v) is 13.0. The smallest absolute Gasteiger partial charge is 0.255 e. The monoisotopic (exact) mass is 491 g/mol. The van der Waals surface area contributed by atoms with Gasteiger partial charge in [0.15, 0.2) is 0 Å². The van der Waals surface area contributed by atoms with Crippen molar-refractivity contribution in [3.8, 4) is 5.69 Å². The molecule has 2 fully saturated rings. The van der Waals surface area contributed by atoms with E-state index in [0.717, 1.165) is 71.3 Å². The van der Waals surface area contributed by atoms with Crippen molar-refractivity contribution in [1.82, 2.24) is 14.5 Å². The van der Waals surface area contributed by atoms with E-state index in [1.165, 1.54) is 12.8 Å². The maximum Gasteiger partial charge on any atom is 0.255 e. The van der Waals surface area contributed by atoms with E-state index in [2.05, 4.69) is 40.3 Å². The molecule has 4 heterocycles. The summed E-state index contributed by atoms with van der Waals surface area (Å²) in [6, 6.07) is 14.2. The van der Waals surface area contributed by atoms with E-state index in [1.807, 2.05) is 48.4 Å². The fourth-order valence-corrected chi connectivity index (χ4v) is 5.43. The molecule has 0 radical (unpaired) electrons. The molecule has 1 amide bonds. The summed E-state index contributed by atoms with van der Waals surface area (Å²) < 4.78 is 2.15. The normalized spacial score (nSPS) is 17.2. The van der Waals surface area contributed by atoms with Gasteiger partial charge in [0, 0.05) is 61.4 Å². The maximum atomic E-state index is 13.4. The second-order valence-corrected chi connectivity index (χ2v) is 10.4. The number of amides is 1. The van der Waals surface area contributed by atoms with E-state index >= 15 is 0 Å². The molecule has 5 rings (SSSR count). The number of nitrogens with zero attached hydrogens (tertiary/aromatic N) is 5. The minimum absolute atomic E-state index is 0.104. The van der Waals surface area contributed by atoms with Gasteiger partial charge in [-0.25, -0.2) is 4.98 Å². The molecule has 3 aromatic rings. The highest BCUT2D eigenvalue weighted by atomic mass is 35.5. The Bertz CT molecular complexity index is 1170. The molecule has 0 atom stereocenters. The van der Waals surface area contributed by atoms with Crippen LogP contribution in [-0.2, 0) is 0 Å². The van der Waals surface area contributed by atoms with Crippen LogP contribution in [0, 0.1) is 19.8 Å². The van der Waals surface area contributed by atoms with Crippen LogP contribution in [0.2, 0.25) is 5.02 Å². The maximum absolute atomic E-state index is 13.4. The summed E-state index contributed by atoms with van der Waals surface area (Å²) >= 11 is 6.03. The zero-order valence-electron chi connectivity index (χ0n) is 20.9. The Morgan fingerprint density at radius 2 is 1.54 bits per heavy atom. The molecule has 2 saturated heterocycles. The van der Waals surface area contributed by atoms with Gasteiger partial charge in [0.25, 0.3) is 5.91 Å². The van der Waals surface area contributed by atoms with Gasteiger partial charge in [-0.2, -0.15) is 0 Å². The molecule has 2 aromatic heterocycles. The third kappa shape index (κ3) is 4.90. The Balaban J connectivity index is 1.28. The van der Waals surface area contributed by atoms with Crippen molar-refractivity contribution in [3.63, 3.8) is 0 Å². The van der Waals surface area contributed by atoms with Crippen molar-refractivity contribution in [2.24, 2.45) is 5.92 Å². The SMILES string of the molecule is Cc1cc(C(=O)N2CCN(c3ccc(Cl)cc3)CC2)c(C)n1-c1ccc(N2CCC(C)CC2)nc1. The average molecular weight is 492 g/mol. The van der Waals surface area contributed by atoms with E-state index < -0.39 is 0 Å². The zero-order valence-corrected chi connectivity index (χ0v) is 21.6. The topological polar surface area (TPSA) is 44.6 Å². The van der Waals surface area contributed by atoms with Crippen molar-refractivity contribution < 1.29 is 4.79 Å². The van der Waals surface area contributed by atoms with E-state index in [9.17, 15) is 4.79 Å². The summed E-state index contributed by atoms with van der Waals surface area (Å²) in [5.41, 5.74) is 4.94. The highest BCUT2D eigenvalue weighted by Gasteiger charge is 2.26. The highest BCUT2D eigenvalue weighted by molar-refractivity contribution is 6.30. The Hall–Kier alpha value is -2.99. The first-order chi connectivity index (χ1) is 16.9. The number of hydrogen-bond acceptors (Lipinski definition) is 4. The van der Waals surface area contributed by atoms with Gasteiger partial charge in [-0.3, -0.25) is 4.79 Å². The van der Waals surface area contributed by atoms with Crippen LogP contribution in [0.3, 0.4) is 0 Å². The molecule has 0 unspecified atom stereocenters. The second kappa shape index (κ2) is 9.94. The fraction of sp³-hybridized carbons (Fsp3) is 0.429. The molecule has 2 aliphatic rings. The number of aryl methyl sites for hydroxylation is 1. The van der Waals surface area contributed by atoms with Gasteiger partial charge in [-0.15, -0.1) is 0 Å². The molecule has 1 aromatic carbocycles. The molecule has 2 aliphatic heterocycles. The summed E-state index contributed by atoms with van der Waals surface area (Å²) in [6.07, 6.45) is 4.38. The van der Waals surface area contributed by atoms with Gasteiger partial charge in [-0.1, -0.05) is 18.5 Å². The largest absolute Gasteiger partial charge is 0.368 e. The van der Waals surface area contributed by atoms with Gasteiger partial charge in [0.1, 0.15) is 5.82 Å². The number of aromatic nitrogens is 2. The minimum Gasteiger partial charge on any atom is -0.368 e. The number of anilines is 2. The lowest BCUT2D eigenvalue weighted by Gasteiger charge is -2.36. The summed E-state index contributed by atoms with van der Waals surface area (Å²) in [4.78, 5) is 24.9. The Labute approximate surface area is 213 Å². The molecular weight excluding hydrogens is 458 g/mol. The number of carbonyl (C=O) groups is 1. The molecule has 7 heteroatoms. The number of pyridine rings is 1. The zero-order chi connectivity index (χ0) is 24.5. The average Bonchev–Trinajstić information content (AvgIpc) is 3.18. The molecule has 0 bridgehead atoms. The van der Waals surface area contributed by atoms with Crippen LogP contribution >= 0.6 is 11.6 Å². The Morgan fingerprint density at radius 3 is 2.17 bits per heavy atom. The number of piperidine rings is 1. The van der Waals surface area contributed by atoms with E-state index in [1.54, 1.807) is 0 Å². The van der Waals surface area contributed by atoms with Crippen LogP contribution in [0.1, 0.15) is 41.5 Å². The minimum atomic E-state index is 0.104. The summed E-state index contributed by atoms with van der Waals surface area (Å²) in [5.74, 6) is 1.94. The number of carbonyl (C=O) groups excluding carboxylic acids is 1. The molecule has 184 valence electrons. The molecule has 0 aliphatic carbocycles. The quantitative estimate of drug-likeness (QED) is 0.494. The van der Waals surface area contributed by atoms with Crippen LogP contribution in [0.25, 0.3) is 5.69 Å². The van der Waals surface area contributed by atoms with Gasteiger partial charge in [0.2, 0.25) is 0 Å². The van der Waals surface area contributed by atoms with Crippen LogP contribution in [0.5, 0.6) is 0 Å². The van der Waals surface area contributed by atoms with Crippen LogP contribution in [-0.4, -0.2) is 59.6 Å². The fourth-order valence-electron chi connectivity index (χ4n) is 5.30. The summed E-state index contributed by atoms with van der Waals surface area (Å²) in [7, 11) is 0. The molecule has 6 nitrogen and oxygen atoms in total. The first-order valence-electron chi connectivity index (χ1n) is 12.6. The van der Waals surface area contributed by atoms with Crippen molar-refractivity contribution in [3.05, 3.63) is 70.6 Å². The van der Waals surface area contributed by atoms with Crippen molar-refractivity contribution >= 4 is 29.0 Å². The number of piperazine rings is 1. The molecule has 0 spiro atoms. The number of halogens is 1. The van der Waals surface area contributed by atoms with E-state index in [0.29, 0.717) is 13.1 Å². The Morgan fingerprint density at radius 1 is 0.886 bits per heavy atom. The Kier molecular flexibility index (Phi) is 6.74. The van der Waals surface area contributed by atoms with Gasteiger partial charge in [0.05, 0.1) is 17.4 Å². The van der Waals surface area contributed by atoms with Crippen molar-refractivity contribution in [2.75, 3.05) is 49.1 Å². The molecule has 0 N–H and O–H groups in total. The lowest BCUT2D eigenvalue weighted by molar-refractivity contribution is 0.0746. The highest BCUT2D eigenvalue weighted by Crippen LogP contribution is 2.26. The van der Waals surface area contributed by atoms with E-state index in [-0.39, 0.29) is 5.91 Å². The van der Waals surface area contributed by atoms with Gasteiger partial charge in [-0.05, 0) is 75.1 Å². The van der Waals surface area contributed by atoms with Crippen molar-refractivity contribution in [1.29, 1.82) is 0 Å². The lowest BCUT2D eigenvalue weighted by Crippen LogP contribution is -2.48. The summed E-state index contributed by atoms with van der Waals surface area (Å²) in [6.45, 7) is 11.6. The third-order valence-corrected chi connectivity index (χ3v) is 7.77. The van der Waals surface area contributed by atoms with Crippen LogP contribution in [0.4, 0.5) is 11.5 Å². The van der Waals surface area contributed by atoms with Crippen molar-refractivity contribution in [2.45, 2.75) is 33.6 Å². The molecular formula is C28H34ClN5O. The third-order valence-electron chi connectivity index (χ3n) is 7.52. The summed E-state index contributed by atoms with van der Waals surface area (Å²) in [5, 5.41) is 0.740. The van der Waals surface area contributed by atoms with E-state index in [4.69, 9.17) is 16.6 Å². The van der Waals surface area contributed by atoms with Gasteiger partial charge < -0.3 is 19.3 Å². The second-order valence-electron chi connectivity index (χ2n) is 9.92. The van der Waals surface area contributed by atoms with Gasteiger partial charge >= 0.3 is 0 Å². The lowest BCUT2D eigenvalue weighted by atomic mass is 9.99. The predicted octanol–water partition coefficient (Wildman–Crippen LogP) is 5.34. The molecule has 35 heavy (non-hydrogen) atoms. The predicted molar refractivity (Wildman–Crippen MR) is 143 cm³/mol. The molecule has 0 saturated carbocycles.